The second kappa shape index (κ2) is 7.46. The van der Waals surface area contributed by atoms with E-state index in [2.05, 4.69) is 15.4 Å². The van der Waals surface area contributed by atoms with Crippen LogP contribution in [0.15, 0.2) is 41.8 Å². The molecule has 0 aliphatic heterocycles. The summed E-state index contributed by atoms with van der Waals surface area (Å²) in [6.07, 6.45) is -4.78. The first-order valence-electron chi connectivity index (χ1n) is 8.15. The third kappa shape index (κ3) is 3.69. The van der Waals surface area contributed by atoms with Crippen LogP contribution in [0.3, 0.4) is 0 Å². The number of hydrogen-bond donors (Lipinski definition) is 2. The monoisotopic (exact) mass is 472 g/mol. The fraction of sp³-hybridized carbons (Fsp3) is 0.0556. The highest BCUT2D eigenvalue weighted by Crippen LogP contribution is 2.36. The highest BCUT2D eigenvalue weighted by atomic mass is 35.5. The van der Waals surface area contributed by atoms with Crippen molar-refractivity contribution >= 4 is 51.8 Å². The number of anilines is 1. The number of aromatic nitrogens is 3. The van der Waals surface area contributed by atoms with Crippen LogP contribution in [-0.2, 0) is 6.18 Å². The lowest BCUT2D eigenvalue weighted by Crippen LogP contribution is -2.15. The summed E-state index contributed by atoms with van der Waals surface area (Å²) in [5.74, 6) is -1.23. The van der Waals surface area contributed by atoms with E-state index in [9.17, 15) is 23.1 Å². The molecule has 3 heterocycles. The van der Waals surface area contributed by atoms with E-state index in [1.54, 1.807) is 17.5 Å². The largest absolute Gasteiger partial charge is 0.506 e. The van der Waals surface area contributed by atoms with Crippen molar-refractivity contribution < 1.29 is 23.1 Å². The molecule has 0 aliphatic rings. The first-order chi connectivity index (χ1) is 14.1. The van der Waals surface area contributed by atoms with E-state index < -0.39 is 23.5 Å². The molecule has 1 amide bonds. The van der Waals surface area contributed by atoms with E-state index >= 15 is 0 Å². The molecule has 0 spiro atoms. The highest BCUT2D eigenvalue weighted by molar-refractivity contribution is 7.13. The zero-order chi connectivity index (χ0) is 21.6. The van der Waals surface area contributed by atoms with Crippen molar-refractivity contribution in [2.24, 2.45) is 0 Å². The number of nitrogens with one attached hydrogen (secondary N) is 1. The number of phenolic OH excluding ortho intramolecular Hbond substituents is 1. The summed E-state index contributed by atoms with van der Waals surface area (Å²) in [5.41, 5.74) is -1.95. The molecule has 0 saturated carbocycles. The van der Waals surface area contributed by atoms with Gasteiger partial charge in [0.2, 0.25) is 0 Å². The van der Waals surface area contributed by atoms with Crippen molar-refractivity contribution in [2.45, 2.75) is 6.18 Å². The average Bonchev–Trinajstić information content (AvgIpc) is 3.32. The van der Waals surface area contributed by atoms with Gasteiger partial charge in [0.25, 0.3) is 5.91 Å². The van der Waals surface area contributed by atoms with E-state index in [0.29, 0.717) is 9.39 Å². The van der Waals surface area contributed by atoms with Crippen LogP contribution >= 0.6 is 34.5 Å². The van der Waals surface area contributed by atoms with Gasteiger partial charge in [0.15, 0.2) is 17.0 Å². The zero-order valence-electron chi connectivity index (χ0n) is 14.5. The van der Waals surface area contributed by atoms with Gasteiger partial charge in [-0.05, 0) is 35.7 Å². The number of amides is 1. The van der Waals surface area contributed by atoms with Crippen LogP contribution in [-0.4, -0.2) is 25.6 Å². The number of phenols is 1. The lowest BCUT2D eigenvalue weighted by Gasteiger charge is -2.10. The molecule has 4 aromatic rings. The smallest absolute Gasteiger partial charge is 0.433 e. The van der Waals surface area contributed by atoms with Crippen LogP contribution in [0.5, 0.6) is 5.75 Å². The number of aromatic hydroxyl groups is 1. The molecule has 0 bridgehead atoms. The Morgan fingerprint density at radius 1 is 1.20 bits per heavy atom. The molecule has 2 N–H and O–H groups in total. The number of rotatable bonds is 3. The Kier molecular flexibility index (Phi) is 5.08. The molecule has 0 fully saturated rings. The van der Waals surface area contributed by atoms with Gasteiger partial charge >= 0.3 is 6.18 Å². The fourth-order valence-electron chi connectivity index (χ4n) is 2.68. The Bertz CT molecular complexity index is 1270. The quantitative estimate of drug-likeness (QED) is 0.372. The van der Waals surface area contributed by atoms with E-state index in [1.807, 2.05) is 0 Å². The average molecular weight is 473 g/mol. The summed E-state index contributed by atoms with van der Waals surface area (Å²) in [7, 11) is 0. The molecule has 4 rings (SSSR count). The molecule has 0 saturated heterocycles. The Morgan fingerprint density at radius 2 is 1.97 bits per heavy atom. The number of halogens is 5. The number of benzene rings is 1. The van der Waals surface area contributed by atoms with Crippen LogP contribution in [0.1, 0.15) is 16.2 Å². The third-order valence-electron chi connectivity index (χ3n) is 4.02. The van der Waals surface area contributed by atoms with Crippen molar-refractivity contribution in [3.63, 3.8) is 0 Å². The second-order valence-corrected chi connectivity index (χ2v) is 7.78. The lowest BCUT2D eigenvalue weighted by molar-refractivity contribution is -0.142. The van der Waals surface area contributed by atoms with Crippen LogP contribution in [0.2, 0.25) is 10.0 Å². The summed E-state index contributed by atoms with van der Waals surface area (Å²) in [5, 5.41) is 17.5. The van der Waals surface area contributed by atoms with Gasteiger partial charge in [0.05, 0.1) is 16.3 Å². The Hall–Kier alpha value is -2.82. The molecule has 30 heavy (non-hydrogen) atoms. The molecular formula is C18H9Cl2F3N4O2S. The van der Waals surface area contributed by atoms with Gasteiger partial charge in [0.1, 0.15) is 10.8 Å². The maximum Gasteiger partial charge on any atom is 0.433 e. The van der Waals surface area contributed by atoms with E-state index in [-0.39, 0.29) is 32.8 Å². The standard InChI is InChI=1S/C18H9Cl2F3N4O2S/c19-8-3-4-11(28)9(6-8)25-17(29)15-14(20)16-24-10(12-2-1-5-30-12)7-13(18(21,22)23)27(16)26-15/h1-7,28H,(H,25,29). The molecule has 0 atom stereocenters. The van der Waals surface area contributed by atoms with Crippen molar-refractivity contribution in [3.8, 4) is 16.3 Å². The number of carbonyl (C=O) groups excluding carboxylic acids is 1. The summed E-state index contributed by atoms with van der Waals surface area (Å²) in [6.45, 7) is 0. The Morgan fingerprint density at radius 3 is 2.63 bits per heavy atom. The first-order valence-corrected chi connectivity index (χ1v) is 9.79. The summed E-state index contributed by atoms with van der Waals surface area (Å²) < 4.78 is 41.4. The van der Waals surface area contributed by atoms with Gasteiger partial charge in [-0.25, -0.2) is 9.50 Å². The van der Waals surface area contributed by atoms with Gasteiger partial charge in [0, 0.05) is 5.02 Å². The minimum atomic E-state index is -4.78. The predicted octanol–water partition coefficient (Wildman–Crippen LogP) is 5.74. The maximum atomic E-state index is 13.6. The molecule has 0 aliphatic carbocycles. The normalized spacial score (nSPS) is 11.8. The molecule has 3 aromatic heterocycles. The summed E-state index contributed by atoms with van der Waals surface area (Å²) in [6, 6.07) is 8.05. The van der Waals surface area contributed by atoms with Crippen LogP contribution in [0, 0.1) is 0 Å². The molecule has 1 aromatic carbocycles. The number of fused-ring (bicyclic) bond motifs is 1. The highest BCUT2D eigenvalue weighted by Gasteiger charge is 2.37. The van der Waals surface area contributed by atoms with Crippen molar-refractivity contribution in [3.05, 3.63) is 63.2 Å². The number of hydrogen-bond acceptors (Lipinski definition) is 5. The van der Waals surface area contributed by atoms with Gasteiger partial charge in [-0.15, -0.1) is 11.3 Å². The minimum Gasteiger partial charge on any atom is -0.506 e. The van der Waals surface area contributed by atoms with E-state index in [1.165, 1.54) is 29.5 Å². The van der Waals surface area contributed by atoms with E-state index in [4.69, 9.17) is 23.2 Å². The van der Waals surface area contributed by atoms with Crippen LogP contribution in [0.4, 0.5) is 18.9 Å². The van der Waals surface area contributed by atoms with Crippen molar-refractivity contribution in [1.29, 1.82) is 0 Å². The summed E-state index contributed by atoms with van der Waals surface area (Å²) >= 11 is 13.2. The lowest BCUT2D eigenvalue weighted by atomic mass is 10.2. The fourth-order valence-corrected chi connectivity index (χ4v) is 3.78. The zero-order valence-corrected chi connectivity index (χ0v) is 16.9. The molecule has 0 unspecified atom stereocenters. The number of carbonyl (C=O) groups is 1. The summed E-state index contributed by atoms with van der Waals surface area (Å²) in [4.78, 5) is 17.3. The molecule has 0 radical (unpaired) electrons. The first kappa shape index (κ1) is 20.5. The molecule has 154 valence electrons. The van der Waals surface area contributed by atoms with Crippen molar-refractivity contribution in [2.75, 3.05) is 5.32 Å². The molecular weight excluding hydrogens is 464 g/mol. The Labute approximate surface area is 180 Å². The van der Waals surface area contributed by atoms with E-state index in [0.717, 1.165) is 6.07 Å². The third-order valence-corrected chi connectivity index (χ3v) is 5.49. The van der Waals surface area contributed by atoms with Crippen LogP contribution < -0.4 is 5.32 Å². The molecule has 6 nitrogen and oxygen atoms in total. The number of thiophene rings is 1. The predicted molar refractivity (Wildman–Crippen MR) is 107 cm³/mol. The van der Waals surface area contributed by atoms with Crippen molar-refractivity contribution in [1.82, 2.24) is 14.6 Å². The van der Waals surface area contributed by atoms with Gasteiger partial charge in [-0.3, -0.25) is 4.79 Å². The van der Waals surface area contributed by atoms with Gasteiger partial charge in [-0.1, -0.05) is 29.3 Å². The van der Waals surface area contributed by atoms with Gasteiger partial charge < -0.3 is 10.4 Å². The Balaban J connectivity index is 1.85. The maximum absolute atomic E-state index is 13.6. The van der Waals surface area contributed by atoms with Gasteiger partial charge in [-0.2, -0.15) is 18.3 Å². The minimum absolute atomic E-state index is 0.0473. The molecule has 12 heteroatoms. The topological polar surface area (TPSA) is 79.5 Å². The number of nitrogens with zero attached hydrogens (tertiary/aromatic N) is 3. The second-order valence-electron chi connectivity index (χ2n) is 6.02. The SMILES string of the molecule is O=C(Nc1cc(Cl)ccc1O)c1nn2c(C(F)(F)F)cc(-c3cccs3)nc2c1Cl. The van der Waals surface area contributed by atoms with Crippen LogP contribution in [0.25, 0.3) is 16.2 Å². The number of alkyl halides is 3.